The molecule has 0 atom stereocenters. The quantitative estimate of drug-likeness (QED) is 0.178. The van der Waals surface area contributed by atoms with E-state index in [1.807, 2.05) is 12.1 Å². The smallest absolute Gasteiger partial charge is 0.175 e. The Balaban J connectivity index is 1.13. The van der Waals surface area contributed by atoms with Gasteiger partial charge in [0.25, 0.3) is 0 Å². The maximum absolute atomic E-state index is 7.25. The minimum absolute atomic E-state index is 0.565. The van der Waals surface area contributed by atoms with Crippen LogP contribution in [0.25, 0.3) is 39.5 Å². The van der Waals surface area contributed by atoms with Gasteiger partial charge in [-0.05, 0) is 87.3 Å². The lowest BCUT2D eigenvalue weighted by Gasteiger charge is -2.34. The molecule has 0 bridgehead atoms. The average molecular weight is 706 g/mol. The van der Waals surface area contributed by atoms with Crippen molar-refractivity contribution in [3.63, 3.8) is 0 Å². The Kier molecular flexibility index (Phi) is 6.83. The van der Waals surface area contributed by atoms with Crippen LogP contribution in [0.2, 0.25) is 0 Å². The molecule has 2 aliphatic carbocycles. The minimum Gasteiger partial charge on any atom is -0.449 e. The van der Waals surface area contributed by atoms with Crippen LogP contribution in [0.15, 0.2) is 183 Å². The summed E-state index contributed by atoms with van der Waals surface area (Å²) < 4.78 is 14.1. The van der Waals surface area contributed by atoms with E-state index < -0.39 is 5.41 Å². The zero-order chi connectivity index (χ0) is 36.7. The molecule has 1 aliphatic heterocycles. The second-order valence-corrected chi connectivity index (χ2v) is 14.5. The van der Waals surface area contributed by atoms with E-state index in [9.17, 15) is 0 Å². The van der Waals surface area contributed by atoms with Gasteiger partial charge in [-0.1, -0.05) is 152 Å². The largest absolute Gasteiger partial charge is 0.449 e. The van der Waals surface area contributed by atoms with Crippen molar-refractivity contribution in [3.8, 4) is 56.4 Å². The highest BCUT2D eigenvalue weighted by Crippen LogP contribution is 2.67. The number of aryl methyl sites for hydroxylation is 1. The molecule has 0 saturated carbocycles. The molecule has 0 fully saturated rings. The first-order chi connectivity index (χ1) is 27.2. The lowest BCUT2D eigenvalue weighted by molar-refractivity contribution is 0.355. The summed E-state index contributed by atoms with van der Waals surface area (Å²) in [6, 6.07) is 62.6. The number of ether oxygens (including phenoxy) is 2. The highest BCUT2D eigenvalue weighted by atomic mass is 16.6. The molecule has 0 radical (unpaired) electrons. The third-order valence-corrected chi connectivity index (χ3v) is 11.7. The summed E-state index contributed by atoms with van der Waals surface area (Å²) in [6.45, 7) is 6.38. The van der Waals surface area contributed by atoms with Crippen molar-refractivity contribution >= 4 is 23.1 Å². The van der Waals surface area contributed by atoms with Crippen LogP contribution in [0, 0.1) is 6.92 Å². The fourth-order valence-corrected chi connectivity index (χ4v) is 9.41. The predicted octanol–water partition coefficient (Wildman–Crippen LogP) is 14.0. The molecule has 0 aromatic heterocycles. The Bertz CT molecular complexity index is 2810. The molecule has 260 valence electrons. The summed E-state index contributed by atoms with van der Waals surface area (Å²) in [6.07, 6.45) is 1.95. The van der Waals surface area contributed by atoms with Gasteiger partial charge in [0.2, 0.25) is 0 Å². The lowest BCUT2D eigenvalue weighted by Crippen LogP contribution is -2.26. The topological polar surface area (TPSA) is 21.7 Å². The minimum atomic E-state index is -0.565. The van der Waals surface area contributed by atoms with Gasteiger partial charge >= 0.3 is 0 Å². The summed E-state index contributed by atoms with van der Waals surface area (Å²) in [4.78, 5) is 2.32. The fourth-order valence-electron chi connectivity index (χ4n) is 9.41. The number of benzene rings is 8. The van der Waals surface area contributed by atoms with Crippen LogP contribution in [0.5, 0.6) is 23.0 Å². The normalized spacial score (nSPS) is 13.3. The SMILES string of the molecule is C=Cc1c(C)cccc1N(c1ccc2c(c1)Oc1c(ccc3c1C1(c4ccccc4-c4ccccc41)c1ccccc1-3)O2)c1ccccc1-c1ccccc1. The zero-order valence-electron chi connectivity index (χ0n) is 30.3. The van der Waals surface area contributed by atoms with E-state index in [0.29, 0.717) is 17.2 Å². The molecule has 1 spiro atoms. The third kappa shape index (κ3) is 4.38. The van der Waals surface area contributed by atoms with Gasteiger partial charge in [-0.2, -0.15) is 0 Å². The summed E-state index contributed by atoms with van der Waals surface area (Å²) >= 11 is 0. The number of anilines is 3. The lowest BCUT2D eigenvalue weighted by atomic mass is 9.70. The number of hydrogen-bond acceptors (Lipinski definition) is 3. The van der Waals surface area contributed by atoms with E-state index in [1.54, 1.807) is 0 Å². The molecule has 3 aliphatic rings. The summed E-state index contributed by atoms with van der Waals surface area (Å²) in [5.74, 6) is 2.81. The third-order valence-electron chi connectivity index (χ3n) is 11.7. The molecule has 0 N–H and O–H groups in total. The fraction of sp³-hybridized carbons (Fsp3) is 0.0385. The molecular weight excluding hydrogens is 671 g/mol. The highest BCUT2D eigenvalue weighted by molar-refractivity contribution is 5.97. The van der Waals surface area contributed by atoms with Gasteiger partial charge in [0.1, 0.15) is 0 Å². The van der Waals surface area contributed by atoms with Gasteiger partial charge in [0.15, 0.2) is 23.0 Å². The Morgan fingerprint density at radius 3 is 1.76 bits per heavy atom. The van der Waals surface area contributed by atoms with Gasteiger partial charge in [0.05, 0.1) is 22.5 Å². The Morgan fingerprint density at radius 1 is 0.491 bits per heavy atom. The molecule has 8 aromatic carbocycles. The van der Waals surface area contributed by atoms with E-state index in [2.05, 4.69) is 188 Å². The first kappa shape index (κ1) is 31.4. The van der Waals surface area contributed by atoms with Crippen molar-refractivity contribution in [1.82, 2.24) is 0 Å². The van der Waals surface area contributed by atoms with Gasteiger partial charge in [-0.15, -0.1) is 0 Å². The number of nitrogens with zero attached hydrogens (tertiary/aromatic N) is 1. The van der Waals surface area contributed by atoms with Gasteiger partial charge in [0, 0.05) is 22.8 Å². The summed E-state index contributed by atoms with van der Waals surface area (Å²) in [7, 11) is 0. The summed E-state index contributed by atoms with van der Waals surface area (Å²) in [5, 5.41) is 0. The van der Waals surface area contributed by atoms with Crippen molar-refractivity contribution in [1.29, 1.82) is 0 Å². The van der Waals surface area contributed by atoms with Crippen LogP contribution in [0.4, 0.5) is 17.1 Å². The summed E-state index contributed by atoms with van der Waals surface area (Å²) in [5.41, 5.74) is 16.7. The van der Waals surface area contributed by atoms with Crippen molar-refractivity contribution in [2.75, 3.05) is 4.90 Å². The van der Waals surface area contributed by atoms with Crippen molar-refractivity contribution < 1.29 is 9.47 Å². The van der Waals surface area contributed by atoms with Crippen molar-refractivity contribution in [2.45, 2.75) is 12.3 Å². The molecule has 11 rings (SSSR count). The Morgan fingerprint density at radius 2 is 1.07 bits per heavy atom. The molecule has 3 heteroatoms. The van der Waals surface area contributed by atoms with Crippen LogP contribution in [-0.2, 0) is 5.41 Å². The van der Waals surface area contributed by atoms with Crippen molar-refractivity contribution in [2.24, 2.45) is 0 Å². The number of rotatable bonds is 5. The van der Waals surface area contributed by atoms with Crippen LogP contribution >= 0.6 is 0 Å². The molecule has 1 heterocycles. The van der Waals surface area contributed by atoms with Crippen LogP contribution in [0.1, 0.15) is 33.4 Å². The van der Waals surface area contributed by atoms with E-state index in [-0.39, 0.29) is 0 Å². The van der Waals surface area contributed by atoms with E-state index in [1.165, 1.54) is 33.4 Å². The number of fused-ring (bicyclic) bond motifs is 13. The molecule has 0 amide bonds. The molecule has 0 unspecified atom stereocenters. The van der Waals surface area contributed by atoms with Crippen LogP contribution in [0.3, 0.4) is 0 Å². The second kappa shape index (κ2) is 12.0. The molecule has 3 nitrogen and oxygen atoms in total. The monoisotopic (exact) mass is 705 g/mol. The predicted molar refractivity (Wildman–Crippen MR) is 224 cm³/mol. The average Bonchev–Trinajstić information content (AvgIpc) is 3.71. The van der Waals surface area contributed by atoms with Gasteiger partial charge in [-0.3, -0.25) is 0 Å². The standard InChI is InChI=1S/C52H35NO2/c1-3-36-33(2)16-15-27-45(36)53(46-26-14-10-19-37(46)34-17-5-4-6-18-34)35-28-30-47-49(32-35)55-51-48(54-47)31-29-41-40-22-9-13-25-44(40)52(50(41)51)42-23-11-7-20-38(42)39-21-8-12-24-43(39)52/h3-32H,1H2,2H3. The van der Waals surface area contributed by atoms with Crippen molar-refractivity contribution in [3.05, 3.63) is 216 Å². The van der Waals surface area contributed by atoms with E-state index in [4.69, 9.17) is 9.47 Å². The Hall–Kier alpha value is -7.10. The first-order valence-electron chi connectivity index (χ1n) is 18.8. The molecule has 55 heavy (non-hydrogen) atoms. The molecule has 8 aromatic rings. The second-order valence-electron chi connectivity index (χ2n) is 14.5. The van der Waals surface area contributed by atoms with Crippen LogP contribution < -0.4 is 14.4 Å². The molecule has 0 saturated heterocycles. The Labute approximate surface area is 321 Å². The first-order valence-corrected chi connectivity index (χ1v) is 18.8. The maximum atomic E-state index is 7.25. The maximum Gasteiger partial charge on any atom is 0.175 e. The van der Waals surface area contributed by atoms with Gasteiger partial charge in [-0.25, -0.2) is 0 Å². The van der Waals surface area contributed by atoms with E-state index >= 15 is 0 Å². The molecular formula is C52H35NO2. The number of para-hydroxylation sites is 1. The van der Waals surface area contributed by atoms with Gasteiger partial charge < -0.3 is 14.4 Å². The highest BCUT2D eigenvalue weighted by Gasteiger charge is 2.54. The van der Waals surface area contributed by atoms with E-state index in [0.717, 1.165) is 56.2 Å². The number of hydrogen-bond donors (Lipinski definition) is 0. The van der Waals surface area contributed by atoms with Crippen LogP contribution in [-0.4, -0.2) is 0 Å². The zero-order valence-corrected chi connectivity index (χ0v) is 30.3.